The lowest BCUT2D eigenvalue weighted by molar-refractivity contribution is -0.285. The second-order valence-electron chi connectivity index (χ2n) is 8.23. The number of halogens is 3. The van der Waals surface area contributed by atoms with Crippen molar-refractivity contribution in [3.05, 3.63) is 66.9 Å². The van der Waals surface area contributed by atoms with E-state index in [2.05, 4.69) is 20.1 Å². The number of carbonyl (C=O) groups excluding carboxylic acids is 2. The average Bonchev–Trinajstić information content (AvgIpc) is 2.90. The number of benzene rings is 2. The van der Waals surface area contributed by atoms with Crippen molar-refractivity contribution in [3.8, 4) is 22.4 Å². The summed E-state index contributed by atoms with van der Waals surface area (Å²) in [6.07, 6.45) is -1.45. The molecule has 11 heteroatoms. The minimum atomic E-state index is -5.23. The summed E-state index contributed by atoms with van der Waals surface area (Å²) in [7, 11) is 0. The van der Waals surface area contributed by atoms with E-state index >= 15 is 0 Å². The Morgan fingerprint density at radius 1 is 0.919 bits per heavy atom. The van der Waals surface area contributed by atoms with Crippen LogP contribution < -0.4 is 11.1 Å². The monoisotopic (exact) mass is 516 g/mol. The van der Waals surface area contributed by atoms with Crippen molar-refractivity contribution in [3.63, 3.8) is 0 Å². The summed E-state index contributed by atoms with van der Waals surface area (Å²) >= 11 is 0. The van der Waals surface area contributed by atoms with Gasteiger partial charge in [-0.2, -0.15) is 13.2 Å². The molecule has 0 bridgehead atoms. The number of hydrogen-bond acceptors (Lipinski definition) is 8. The van der Waals surface area contributed by atoms with Crippen LogP contribution in [0.4, 0.5) is 19.1 Å². The van der Waals surface area contributed by atoms with E-state index in [0.717, 1.165) is 35.2 Å². The summed E-state index contributed by atoms with van der Waals surface area (Å²) in [4.78, 5) is 38.4. The van der Waals surface area contributed by atoms with E-state index in [0.29, 0.717) is 18.9 Å². The molecule has 0 saturated carbocycles. The third kappa shape index (κ3) is 8.87. The van der Waals surface area contributed by atoms with E-state index in [1.54, 1.807) is 6.20 Å². The Morgan fingerprint density at radius 3 is 2.22 bits per heavy atom. The summed E-state index contributed by atoms with van der Waals surface area (Å²) in [6, 6.07) is 19.4. The van der Waals surface area contributed by atoms with E-state index in [1.165, 1.54) is 0 Å². The lowest BCUT2D eigenvalue weighted by Crippen LogP contribution is -2.27. The van der Waals surface area contributed by atoms with Crippen LogP contribution in [0.1, 0.15) is 32.1 Å². The highest BCUT2D eigenvalue weighted by atomic mass is 19.4. The number of carbonyl (C=O) groups is 2. The first kappa shape index (κ1) is 27.6. The highest BCUT2D eigenvalue weighted by Crippen LogP contribution is 2.30. The van der Waals surface area contributed by atoms with Gasteiger partial charge in [0.15, 0.2) is 0 Å². The predicted octanol–water partition coefficient (Wildman–Crippen LogP) is 5.06. The third-order valence-corrected chi connectivity index (χ3v) is 5.37. The quantitative estimate of drug-likeness (QED) is 0.206. The smallest absolute Gasteiger partial charge is 0.354 e. The third-order valence-electron chi connectivity index (χ3n) is 5.37. The molecule has 1 atom stereocenters. The van der Waals surface area contributed by atoms with Gasteiger partial charge in [-0.15, -0.1) is 0 Å². The largest absolute Gasteiger partial charge is 0.495 e. The van der Waals surface area contributed by atoms with Gasteiger partial charge in [0.1, 0.15) is 0 Å². The normalized spacial score (nSPS) is 12.0. The molecule has 0 spiro atoms. The van der Waals surface area contributed by atoms with Crippen LogP contribution >= 0.6 is 0 Å². The maximum absolute atomic E-state index is 12.0. The lowest BCUT2D eigenvalue weighted by atomic mass is 10.0. The van der Waals surface area contributed by atoms with Gasteiger partial charge in [-0.25, -0.2) is 29.3 Å². The highest BCUT2D eigenvalue weighted by molar-refractivity contribution is 5.80. The fraction of sp³-hybridized carbons (Fsp3) is 0.308. The van der Waals surface area contributed by atoms with Crippen LogP contribution in [-0.2, 0) is 19.4 Å². The van der Waals surface area contributed by atoms with Gasteiger partial charge < -0.3 is 11.1 Å². The molecule has 0 fully saturated rings. The first-order valence-corrected chi connectivity index (χ1v) is 11.7. The molecule has 1 heterocycles. The molecule has 0 aliphatic heterocycles. The number of alkyl halides is 3. The Hall–Kier alpha value is -3.99. The molecule has 196 valence electrons. The lowest BCUT2D eigenvalue weighted by Gasteiger charge is -2.13. The van der Waals surface area contributed by atoms with E-state index in [1.807, 2.05) is 60.7 Å². The minimum absolute atomic E-state index is 0.181. The van der Waals surface area contributed by atoms with Gasteiger partial charge in [0.05, 0.1) is 12.1 Å². The Bertz CT molecular complexity index is 1160. The van der Waals surface area contributed by atoms with Crippen LogP contribution in [0.3, 0.4) is 0 Å². The van der Waals surface area contributed by atoms with Gasteiger partial charge in [0, 0.05) is 29.9 Å². The van der Waals surface area contributed by atoms with E-state index in [4.69, 9.17) is 10.7 Å². The zero-order valence-corrected chi connectivity index (χ0v) is 19.9. The summed E-state index contributed by atoms with van der Waals surface area (Å²) in [5.74, 6) is -3.19. The zero-order valence-electron chi connectivity index (χ0n) is 19.9. The van der Waals surface area contributed by atoms with Gasteiger partial charge in [0.25, 0.3) is 0 Å². The minimum Gasteiger partial charge on any atom is -0.354 e. The molecule has 0 aliphatic carbocycles. The Kier molecular flexibility index (Phi) is 9.96. The molecule has 3 rings (SSSR count). The molecule has 3 aromatic rings. The molecule has 0 unspecified atom stereocenters. The number of nitrogens with zero attached hydrogens (tertiary/aromatic N) is 2. The first-order chi connectivity index (χ1) is 17.7. The topological polar surface area (TPSA) is 116 Å². The SMILES string of the molecule is N[C@H](CCCCNc1ncc(-c2ccccc2)c(-c2ccccc2)n1)CCC(=O)OOC(=O)C(F)(F)F. The Balaban J connectivity index is 1.43. The van der Waals surface area contributed by atoms with Gasteiger partial charge in [-0.1, -0.05) is 67.1 Å². The Labute approximate surface area is 212 Å². The summed E-state index contributed by atoms with van der Waals surface area (Å²) in [6.45, 7) is 0.598. The van der Waals surface area contributed by atoms with Crippen molar-refractivity contribution >= 4 is 17.9 Å². The highest BCUT2D eigenvalue weighted by Gasteiger charge is 2.43. The van der Waals surface area contributed by atoms with Crippen molar-refractivity contribution in [1.82, 2.24) is 9.97 Å². The Morgan fingerprint density at radius 2 is 1.57 bits per heavy atom. The summed E-state index contributed by atoms with van der Waals surface area (Å²) < 4.78 is 36.0. The van der Waals surface area contributed by atoms with Crippen LogP contribution in [0.15, 0.2) is 66.9 Å². The molecular weight excluding hydrogens is 489 g/mol. The van der Waals surface area contributed by atoms with Crippen molar-refractivity contribution in [2.24, 2.45) is 5.73 Å². The molecule has 2 aromatic carbocycles. The molecule has 1 aromatic heterocycles. The molecule has 37 heavy (non-hydrogen) atoms. The number of unbranched alkanes of at least 4 members (excludes halogenated alkanes) is 1. The van der Waals surface area contributed by atoms with Gasteiger partial charge in [-0.3, -0.25) is 0 Å². The van der Waals surface area contributed by atoms with Gasteiger partial charge in [0.2, 0.25) is 5.95 Å². The first-order valence-electron chi connectivity index (χ1n) is 11.7. The van der Waals surface area contributed by atoms with Crippen molar-refractivity contribution < 1.29 is 32.5 Å². The number of rotatable bonds is 11. The maximum atomic E-state index is 12.0. The number of aromatic nitrogens is 2. The number of nitrogens with one attached hydrogen (secondary N) is 1. The van der Waals surface area contributed by atoms with Crippen molar-refractivity contribution in [1.29, 1.82) is 0 Å². The fourth-order valence-electron chi connectivity index (χ4n) is 3.46. The van der Waals surface area contributed by atoms with Crippen LogP contribution in [0.25, 0.3) is 22.4 Å². The molecule has 3 N–H and O–H groups in total. The molecule has 0 radical (unpaired) electrons. The van der Waals surface area contributed by atoms with Crippen LogP contribution in [0, 0.1) is 0 Å². The van der Waals surface area contributed by atoms with Crippen molar-refractivity contribution in [2.45, 2.75) is 44.3 Å². The standard InChI is InChI=1S/C26H27F3N4O4/c27-26(28,29)24(35)37-36-22(34)15-14-20(30)13-7-8-16-31-25-32-17-21(18-9-3-1-4-10-18)23(33-25)19-11-5-2-6-12-19/h1-6,9-12,17,20H,7-8,13-16,30H2,(H,31,32,33)/t20-/m1/s1. The summed E-state index contributed by atoms with van der Waals surface area (Å²) in [5.41, 5.74) is 9.69. The molecule has 0 saturated heterocycles. The van der Waals surface area contributed by atoms with E-state index < -0.39 is 18.1 Å². The second-order valence-corrected chi connectivity index (χ2v) is 8.23. The molecule has 0 amide bonds. The van der Waals surface area contributed by atoms with Gasteiger partial charge in [-0.05, 0) is 24.8 Å². The second kappa shape index (κ2) is 13.4. The predicted molar refractivity (Wildman–Crippen MR) is 131 cm³/mol. The van der Waals surface area contributed by atoms with Crippen LogP contribution in [0.5, 0.6) is 0 Å². The van der Waals surface area contributed by atoms with Gasteiger partial charge >= 0.3 is 18.1 Å². The van der Waals surface area contributed by atoms with Crippen LogP contribution in [-0.4, -0.2) is 40.7 Å². The zero-order chi connectivity index (χ0) is 26.7. The number of anilines is 1. The average molecular weight is 517 g/mol. The fourth-order valence-corrected chi connectivity index (χ4v) is 3.46. The van der Waals surface area contributed by atoms with E-state index in [-0.39, 0.29) is 18.9 Å². The number of hydrogen-bond donors (Lipinski definition) is 2. The van der Waals surface area contributed by atoms with E-state index in [9.17, 15) is 22.8 Å². The molecule has 8 nitrogen and oxygen atoms in total. The van der Waals surface area contributed by atoms with Crippen LogP contribution in [0.2, 0.25) is 0 Å². The molecule has 0 aliphatic rings. The van der Waals surface area contributed by atoms with Crippen molar-refractivity contribution in [2.75, 3.05) is 11.9 Å². The summed E-state index contributed by atoms with van der Waals surface area (Å²) in [5, 5.41) is 3.22. The number of nitrogens with two attached hydrogens (primary N) is 1. The molecular formula is C26H27F3N4O4. The maximum Gasteiger partial charge on any atom is 0.495 e.